The molecule has 0 aliphatic rings. The minimum atomic E-state index is 0.734. The quantitative estimate of drug-likeness (QED) is 0.605. The van der Waals surface area contributed by atoms with Crippen LogP contribution in [0, 0.1) is 27.7 Å². The molecule has 122 valence electrons. The molecule has 0 aromatic heterocycles. The molecule has 0 atom stereocenters. The fourth-order valence-electron chi connectivity index (χ4n) is 3.09. The molecular weight excluding hydrogens is 294 g/mol. The van der Waals surface area contributed by atoms with E-state index in [0.717, 1.165) is 28.3 Å². The Morgan fingerprint density at radius 2 is 1.29 bits per heavy atom. The van der Waals surface area contributed by atoms with Crippen molar-refractivity contribution in [1.82, 2.24) is 0 Å². The van der Waals surface area contributed by atoms with E-state index in [0.29, 0.717) is 0 Å². The molecule has 3 aromatic rings. The van der Waals surface area contributed by atoms with Crippen molar-refractivity contribution in [3.8, 4) is 22.6 Å². The Labute approximate surface area is 143 Å². The van der Waals surface area contributed by atoms with Gasteiger partial charge in [0.2, 0.25) is 0 Å². The molecular formula is C22H23NO. The Morgan fingerprint density at radius 1 is 0.708 bits per heavy atom. The number of aryl methyl sites for hydroxylation is 4. The molecule has 3 rings (SSSR count). The largest absolute Gasteiger partial charge is 0.456 e. The average Bonchev–Trinajstić information content (AvgIpc) is 2.50. The zero-order valence-electron chi connectivity index (χ0n) is 14.7. The number of hydrogen-bond acceptors (Lipinski definition) is 2. The highest BCUT2D eigenvalue weighted by molar-refractivity contribution is 5.74. The van der Waals surface area contributed by atoms with Crippen LogP contribution in [0.2, 0.25) is 0 Å². The molecule has 0 fully saturated rings. The van der Waals surface area contributed by atoms with Gasteiger partial charge >= 0.3 is 0 Å². The van der Waals surface area contributed by atoms with Crippen LogP contribution in [0.4, 0.5) is 5.69 Å². The monoisotopic (exact) mass is 317 g/mol. The van der Waals surface area contributed by atoms with Gasteiger partial charge in [-0.3, -0.25) is 0 Å². The smallest absolute Gasteiger partial charge is 0.138 e. The van der Waals surface area contributed by atoms with Crippen LogP contribution >= 0.6 is 0 Å². The number of ether oxygens (including phenoxy) is 1. The van der Waals surface area contributed by atoms with Crippen molar-refractivity contribution in [2.75, 3.05) is 5.73 Å². The lowest BCUT2D eigenvalue weighted by Crippen LogP contribution is -1.94. The summed E-state index contributed by atoms with van der Waals surface area (Å²) >= 11 is 0. The summed E-state index contributed by atoms with van der Waals surface area (Å²) < 4.78 is 6.23. The molecule has 0 spiro atoms. The summed E-state index contributed by atoms with van der Waals surface area (Å²) in [5.74, 6) is 1.69. The highest BCUT2D eigenvalue weighted by atomic mass is 16.5. The highest BCUT2D eigenvalue weighted by Gasteiger charge is 2.12. The van der Waals surface area contributed by atoms with Gasteiger partial charge < -0.3 is 10.5 Å². The van der Waals surface area contributed by atoms with Gasteiger partial charge in [0, 0.05) is 11.3 Å². The Balaban J connectivity index is 2.13. The fraction of sp³-hybridized carbons (Fsp3) is 0.182. The third-order valence-corrected chi connectivity index (χ3v) is 4.05. The van der Waals surface area contributed by atoms with Crippen molar-refractivity contribution < 1.29 is 4.74 Å². The highest BCUT2D eigenvalue weighted by Crippen LogP contribution is 2.38. The van der Waals surface area contributed by atoms with E-state index < -0.39 is 0 Å². The van der Waals surface area contributed by atoms with Crippen LogP contribution in [0.1, 0.15) is 22.3 Å². The molecule has 0 saturated heterocycles. The number of nitrogens with two attached hydrogens (primary N) is 1. The Morgan fingerprint density at radius 3 is 1.92 bits per heavy atom. The Hall–Kier alpha value is -2.74. The second-order valence-electron chi connectivity index (χ2n) is 6.51. The van der Waals surface area contributed by atoms with Gasteiger partial charge in [-0.2, -0.15) is 0 Å². The predicted molar refractivity (Wildman–Crippen MR) is 102 cm³/mol. The maximum absolute atomic E-state index is 6.23. The molecule has 0 saturated carbocycles. The minimum Gasteiger partial charge on any atom is -0.456 e. The van der Waals surface area contributed by atoms with Gasteiger partial charge in [0.15, 0.2) is 0 Å². The molecule has 2 heteroatoms. The molecule has 2 N–H and O–H groups in total. The van der Waals surface area contributed by atoms with Crippen molar-refractivity contribution in [2.45, 2.75) is 27.7 Å². The second kappa shape index (κ2) is 6.40. The summed E-state index contributed by atoms with van der Waals surface area (Å²) in [4.78, 5) is 0. The van der Waals surface area contributed by atoms with E-state index in [9.17, 15) is 0 Å². The van der Waals surface area contributed by atoms with Gasteiger partial charge in [-0.1, -0.05) is 35.4 Å². The third kappa shape index (κ3) is 3.43. The SMILES string of the molecule is Cc1cc(C)cc(-c2cc(C)cc(C)c2Oc2ccc(N)cc2)c1. The molecule has 0 radical (unpaired) electrons. The van der Waals surface area contributed by atoms with Gasteiger partial charge in [0.1, 0.15) is 11.5 Å². The topological polar surface area (TPSA) is 35.2 Å². The lowest BCUT2D eigenvalue weighted by Gasteiger charge is -2.16. The van der Waals surface area contributed by atoms with Crippen LogP contribution in [0.3, 0.4) is 0 Å². The van der Waals surface area contributed by atoms with E-state index in [1.807, 2.05) is 24.3 Å². The van der Waals surface area contributed by atoms with Crippen LogP contribution in [0.25, 0.3) is 11.1 Å². The molecule has 0 bridgehead atoms. The molecule has 0 aliphatic carbocycles. The molecule has 3 aromatic carbocycles. The standard InChI is InChI=1S/C22H23NO/c1-14-9-15(2)12-18(11-14)21-13-16(3)10-17(4)22(21)24-20-7-5-19(23)6-8-20/h5-13H,23H2,1-4H3. The molecule has 0 heterocycles. The zero-order valence-corrected chi connectivity index (χ0v) is 14.7. The number of rotatable bonds is 3. The summed E-state index contributed by atoms with van der Waals surface area (Å²) in [5, 5.41) is 0. The summed E-state index contributed by atoms with van der Waals surface area (Å²) in [7, 11) is 0. The summed E-state index contributed by atoms with van der Waals surface area (Å²) in [5.41, 5.74) is 13.7. The average molecular weight is 317 g/mol. The van der Waals surface area contributed by atoms with E-state index in [4.69, 9.17) is 10.5 Å². The summed E-state index contributed by atoms with van der Waals surface area (Å²) in [6, 6.07) is 18.5. The van der Waals surface area contributed by atoms with Gasteiger partial charge in [-0.25, -0.2) is 0 Å². The van der Waals surface area contributed by atoms with Crippen molar-refractivity contribution >= 4 is 5.69 Å². The van der Waals surface area contributed by atoms with Crippen molar-refractivity contribution in [3.63, 3.8) is 0 Å². The first-order chi connectivity index (χ1) is 11.4. The molecule has 0 aliphatic heterocycles. The minimum absolute atomic E-state index is 0.734. The summed E-state index contributed by atoms with van der Waals surface area (Å²) in [6.45, 7) is 8.46. The van der Waals surface area contributed by atoms with Crippen LogP contribution in [0.15, 0.2) is 54.6 Å². The maximum atomic E-state index is 6.23. The molecule has 24 heavy (non-hydrogen) atoms. The van der Waals surface area contributed by atoms with Crippen molar-refractivity contribution in [1.29, 1.82) is 0 Å². The van der Waals surface area contributed by atoms with Gasteiger partial charge in [0.25, 0.3) is 0 Å². The first-order valence-electron chi connectivity index (χ1n) is 8.16. The van der Waals surface area contributed by atoms with Crippen molar-refractivity contribution in [3.05, 3.63) is 76.9 Å². The number of anilines is 1. The lowest BCUT2D eigenvalue weighted by molar-refractivity contribution is 0.480. The van der Waals surface area contributed by atoms with Gasteiger partial charge in [-0.15, -0.1) is 0 Å². The Bertz CT molecular complexity index is 859. The number of hydrogen-bond donors (Lipinski definition) is 1. The normalized spacial score (nSPS) is 10.7. The number of benzene rings is 3. The Kier molecular flexibility index (Phi) is 4.30. The van der Waals surface area contributed by atoms with E-state index in [-0.39, 0.29) is 0 Å². The van der Waals surface area contributed by atoms with Crippen molar-refractivity contribution in [2.24, 2.45) is 0 Å². The van der Waals surface area contributed by atoms with Crippen LogP contribution in [-0.2, 0) is 0 Å². The van der Waals surface area contributed by atoms with E-state index in [1.54, 1.807) is 0 Å². The van der Waals surface area contributed by atoms with E-state index in [2.05, 4.69) is 58.0 Å². The van der Waals surface area contributed by atoms with Crippen LogP contribution < -0.4 is 10.5 Å². The molecule has 0 unspecified atom stereocenters. The van der Waals surface area contributed by atoms with E-state index >= 15 is 0 Å². The number of nitrogen functional groups attached to an aromatic ring is 1. The van der Waals surface area contributed by atoms with Gasteiger partial charge in [-0.05, 0) is 74.7 Å². The fourth-order valence-corrected chi connectivity index (χ4v) is 3.09. The van der Waals surface area contributed by atoms with E-state index in [1.165, 1.54) is 22.3 Å². The molecule has 0 amide bonds. The van der Waals surface area contributed by atoms with Crippen LogP contribution in [0.5, 0.6) is 11.5 Å². The third-order valence-electron chi connectivity index (χ3n) is 4.05. The van der Waals surface area contributed by atoms with Crippen LogP contribution in [-0.4, -0.2) is 0 Å². The summed E-state index contributed by atoms with van der Waals surface area (Å²) in [6.07, 6.45) is 0. The molecule has 2 nitrogen and oxygen atoms in total. The van der Waals surface area contributed by atoms with Gasteiger partial charge in [0.05, 0.1) is 0 Å². The first-order valence-corrected chi connectivity index (χ1v) is 8.16. The second-order valence-corrected chi connectivity index (χ2v) is 6.51. The predicted octanol–water partition coefficient (Wildman–Crippen LogP) is 5.96. The maximum Gasteiger partial charge on any atom is 0.138 e. The lowest BCUT2D eigenvalue weighted by atomic mass is 9.96. The first kappa shape index (κ1) is 16.1. The zero-order chi connectivity index (χ0) is 17.3.